The highest BCUT2D eigenvalue weighted by atomic mass is 32.1. The normalized spacial score (nSPS) is 15.0. The zero-order valence-electron chi connectivity index (χ0n) is 23.6. The van der Waals surface area contributed by atoms with Crippen molar-refractivity contribution < 1.29 is 19.0 Å². The number of benzene rings is 3. The van der Waals surface area contributed by atoms with Gasteiger partial charge in [-0.2, -0.15) is 0 Å². The number of rotatable bonds is 7. The molecular formula is C33H29N3O5S. The first-order valence-corrected chi connectivity index (χ1v) is 14.3. The molecule has 6 rings (SSSR count). The average Bonchev–Trinajstić information content (AvgIpc) is 3.53. The smallest absolute Gasteiger partial charge is 0.338 e. The van der Waals surface area contributed by atoms with Crippen molar-refractivity contribution in [1.29, 1.82) is 0 Å². The summed E-state index contributed by atoms with van der Waals surface area (Å²) in [6.45, 7) is 3.71. The van der Waals surface area contributed by atoms with E-state index in [-0.39, 0.29) is 12.2 Å². The van der Waals surface area contributed by atoms with Gasteiger partial charge in [-0.25, -0.2) is 9.79 Å². The zero-order valence-corrected chi connectivity index (χ0v) is 24.5. The number of aromatic nitrogens is 2. The van der Waals surface area contributed by atoms with Crippen LogP contribution >= 0.6 is 11.3 Å². The maximum atomic E-state index is 14.3. The quantitative estimate of drug-likeness (QED) is 0.275. The third-order valence-electron chi connectivity index (χ3n) is 7.32. The minimum Gasteiger partial charge on any atom is -0.493 e. The summed E-state index contributed by atoms with van der Waals surface area (Å²) >= 11 is 1.29. The van der Waals surface area contributed by atoms with E-state index in [4.69, 9.17) is 19.2 Å². The first kappa shape index (κ1) is 27.3. The number of ether oxygens (including phenoxy) is 3. The lowest BCUT2D eigenvalue weighted by Gasteiger charge is -2.25. The van der Waals surface area contributed by atoms with Crippen LogP contribution in [0.15, 0.2) is 93.9 Å². The van der Waals surface area contributed by atoms with Gasteiger partial charge in [-0.05, 0) is 49.2 Å². The molecule has 0 aliphatic carbocycles. The van der Waals surface area contributed by atoms with Gasteiger partial charge in [0, 0.05) is 16.5 Å². The molecule has 1 aliphatic rings. The van der Waals surface area contributed by atoms with Gasteiger partial charge in [0.15, 0.2) is 16.3 Å². The molecule has 0 bridgehead atoms. The second-order valence-corrected chi connectivity index (χ2v) is 10.8. The summed E-state index contributed by atoms with van der Waals surface area (Å²) in [6.07, 6.45) is 1.92. The minimum absolute atomic E-state index is 0.196. The number of hydrogen-bond donors (Lipinski definition) is 1. The highest BCUT2D eigenvalue weighted by molar-refractivity contribution is 7.07. The molecule has 0 amide bonds. The highest BCUT2D eigenvalue weighted by Crippen LogP contribution is 2.36. The number of para-hydroxylation sites is 1. The number of H-pyrrole nitrogens is 1. The number of fused-ring (bicyclic) bond motifs is 2. The predicted octanol–water partition coefficient (Wildman–Crippen LogP) is 4.96. The van der Waals surface area contributed by atoms with Crippen LogP contribution in [-0.4, -0.2) is 36.3 Å². The highest BCUT2D eigenvalue weighted by Gasteiger charge is 2.34. The number of hydrogen-bond acceptors (Lipinski definition) is 7. The van der Waals surface area contributed by atoms with E-state index in [9.17, 15) is 9.59 Å². The van der Waals surface area contributed by atoms with E-state index < -0.39 is 12.0 Å². The lowest BCUT2D eigenvalue weighted by molar-refractivity contribution is -0.139. The monoisotopic (exact) mass is 579 g/mol. The second kappa shape index (κ2) is 11.2. The number of nitrogens with zero attached hydrogens (tertiary/aromatic N) is 2. The van der Waals surface area contributed by atoms with Crippen molar-refractivity contribution in [3.8, 4) is 22.8 Å². The zero-order chi connectivity index (χ0) is 29.4. The maximum Gasteiger partial charge on any atom is 0.338 e. The number of carbonyl (C=O) groups excluding carboxylic acids is 1. The van der Waals surface area contributed by atoms with Gasteiger partial charge in [0.25, 0.3) is 5.56 Å². The van der Waals surface area contributed by atoms with E-state index in [1.54, 1.807) is 44.8 Å². The Morgan fingerprint density at radius 3 is 2.50 bits per heavy atom. The maximum absolute atomic E-state index is 14.3. The van der Waals surface area contributed by atoms with Crippen LogP contribution in [0.1, 0.15) is 31.0 Å². The first-order valence-electron chi connectivity index (χ1n) is 13.5. The fourth-order valence-electron chi connectivity index (χ4n) is 5.41. The summed E-state index contributed by atoms with van der Waals surface area (Å²) in [6, 6.07) is 22.7. The molecule has 0 saturated carbocycles. The molecule has 42 heavy (non-hydrogen) atoms. The molecule has 1 N–H and O–H groups in total. The average molecular weight is 580 g/mol. The molecule has 1 atom stereocenters. The number of carbonyl (C=O) groups is 1. The standard InChI is InChI=1S/C33H29N3O5S/c1-5-41-32(38)28-19(2)34-33-36(30(28)21-15-16-25(39-3)26(17-21)40-4)31(37)27(42-33)18-23-22-13-9-10-14-24(22)35-29(23)20-11-7-6-8-12-20/h6-18,30,35H,5H2,1-4H3/t30-/m0/s1. The van der Waals surface area contributed by atoms with Crippen LogP contribution in [0.3, 0.4) is 0 Å². The van der Waals surface area contributed by atoms with Gasteiger partial charge in [-0.1, -0.05) is 65.9 Å². The van der Waals surface area contributed by atoms with Gasteiger partial charge >= 0.3 is 5.97 Å². The fraction of sp³-hybridized carbons (Fsp3) is 0.182. The molecule has 0 unspecified atom stereocenters. The molecule has 9 heteroatoms. The second-order valence-electron chi connectivity index (χ2n) is 9.74. The molecule has 0 spiro atoms. The molecule has 1 aliphatic heterocycles. The van der Waals surface area contributed by atoms with Crippen LogP contribution in [-0.2, 0) is 9.53 Å². The van der Waals surface area contributed by atoms with Gasteiger partial charge in [-0.3, -0.25) is 9.36 Å². The van der Waals surface area contributed by atoms with Crippen molar-refractivity contribution in [2.75, 3.05) is 20.8 Å². The molecule has 212 valence electrons. The van der Waals surface area contributed by atoms with Gasteiger partial charge in [-0.15, -0.1) is 0 Å². The minimum atomic E-state index is -0.765. The summed E-state index contributed by atoms with van der Waals surface area (Å²) in [7, 11) is 3.11. The summed E-state index contributed by atoms with van der Waals surface area (Å²) in [5.41, 5.74) is 5.04. The van der Waals surface area contributed by atoms with Gasteiger partial charge in [0.2, 0.25) is 0 Å². The number of methoxy groups -OCH3 is 2. The van der Waals surface area contributed by atoms with Crippen LogP contribution in [0.4, 0.5) is 0 Å². The number of thiazole rings is 1. The van der Waals surface area contributed by atoms with Crippen LogP contribution in [0.5, 0.6) is 11.5 Å². The molecule has 0 fully saturated rings. The van der Waals surface area contributed by atoms with Gasteiger partial charge in [0.1, 0.15) is 0 Å². The molecular weight excluding hydrogens is 550 g/mol. The van der Waals surface area contributed by atoms with Gasteiger partial charge < -0.3 is 19.2 Å². The number of aromatic amines is 1. The lowest BCUT2D eigenvalue weighted by Crippen LogP contribution is -2.40. The third-order valence-corrected chi connectivity index (χ3v) is 8.31. The van der Waals surface area contributed by atoms with Gasteiger partial charge in [0.05, 0.1) is 48.4 Å². The van der Waals surface area contributed by atoms with E-state index in [0.717, 1.165) is 27.7 Å². The largest absolute Gasteiger partial charge is 0.493 e. The summed E-state index contributed by atoms with van der Waals surface area (Å²) < 4.78 is 18.5. The Morgan fingerprint density at radius 1 is 1.02 bits per heavy atom. The van der Waals surface area contributed by atoms with E-state index in [1.807, 2.05) is 66.7 Å². The topological polar surface area (TPSA) is 94.9 Å². The van der Waals surface area contributed by atoms with Crippen molar-refractivity contribution >= 4 is 34.3 Å². The number of nitrogens with one attached hydrogen (secondary N) is 1. The summed E-state index contributed by atoms with van der Waals surface area (Å²) in [5.74, 6) is 0.511. The van der Waals surface area contributed by atoms with Crippen molar-refractivity contribution in [2.24, 2.45) is 4.99 Å². The fourth-order valence-corrected chi connectivity index (χ4v) is 6.44. The molecule has 5 aromatic rings. The molecule has 0 saturated heterocycles. The summed E-state index contributed by atoms with van der Waals surface area (Å²) in [4.78, 5) is 36.3. The van der Waals surface area contributed by atoms with Crippen molar-refractivity contribution in [3.63, 3.8) is 0 Å². The van der Waals surface area contributed by atoms with Crippen LogP contribution in [0, 0.1) is 0 Å². The Bertz CT molecular complexity index is 2040. The first-order chi connectivity index (χ1) is 20.4. The van der Waals surface area contributed by atoms with Crippen molar-refractivity contribution in [1.82, 2.24) is 9.55 Å². The third kappa shape index (κ3) is 4.61. The Balaban J connectivity index is 1.61. The SMILES string of the molecule is CCOC(=O)C1=C(C)N=c2sc(=Cc3c(-c4ccccc4)[nH]c4ccccc34)c(=O)n2[C@H]1c1ccc(OC)c(OC)c1. The van der Waals surface area contributed by atoms with Crippen LogP contribution in [0.25, 0.3) is 28.2 Å². The Hall–Kier alpha value is -4.89. The van der Waals surface area contributed by atoms with Crippen molar-refractivity contribution in [3.05, 3.63) is 115 Å². The summed E-state index contributed by atoms with van der Waals surface area (Å²) in [5, 5.41) is 1.00. The molecule has 3 heterocycles. The van der Waals surface area contributed by atoms with E-state index >= 15 is 0 Å². The van der Waals surface area contributed by atoms with E-state index in [0.29, 0.717) is 37.7 Å². The molecule has 8 nitrogen and oxygen atoms in total. The number of allylic oxidation sites excluding steroid dienone is 1. The number of esters is 1. The van der Waals surface area contributed by atoms with E-state index in [1.165, 1.54) is 11.3 Å². The molecule has 2 aromatic heterocycles. The molecule has 3 aromatic carbocycles. The Labute approximate surface area is 245 Å². The van der Waals surface area contributed by atoms with Crippen molar-refractivity contribution in [2.45, 2.75) is 19.9 Å². The lowest BCUT2D eigenvalue weighted by atomic mass is 9.95. The predicted molar refractivity (Wildman–Crippen MR) is 164 cm³/mol. The van der Waals surface area contributed by atoms with Crippen LogP contribution < -0.4 is 24.4 Å². The van der Waals surface area contributed by atoms with E-state index in [2.05, 4.69) is 4.98 Å². The van der Waals surface area contributed by atoms with Crippen LogP contribution in [0.2, 0.25) is 0 Å². The Kier molecular flexibility index (Phi) is 7.26. The molecule has 0 radical (unpaired) electrons. The Morgan fingerprint density at radius 2 is 1.76 bits per heavy atom.